The minimum Gasteiger partial charge on any atom is -0.496 e. The van der Waals surface area contributed by atoms with Gasteiger partial charge < -0.3 is 15.2 Å². The fourth-order valence-corrected chi connectivity index (χ4v) is 2.16. The summed E-state index contributed by atoms with van der Waals surface area (Å²) in [6, 6.07) is 10.4. The summed E-state index contributed by atoms with van der Waals surface area (Å²) in [6.45, 7) is -0.313. The van der Waals surface area contributed by atoms with Crippen LogP contribution in [0.15, 0.2) is 48.5 Å². The van der Waals surface area contributed by atoms with E-state index in [0.717, 1.165) is 12.1 Å². The van der Waals surface area contributed by atoms with Gasteiger partial charge in [0, 0.05) is 18.2 Å². The predicted molar refractivity (Wildman–Crippen MR) is 86.4 cm³/mol. The Morgan fingerprint density at radius 2 is 1.88 bits per heavy atom. The van der Waals surface area contributed by atoms with Gasteiger partial charge >= 0.3 is 0 Å². The molecule has 1 unspecified atom stereocenters. The highest BCUT2D eigenvalue weighted by Crippen LogP contribution is 2.20. The van der Waals surface area contributed by atoms with Gasteiger partial charge in [0.25, 0.3) is 0 Å². The fraction of sp³-hybridized carbons (Fsp3) is 0.167. The van der Waals surface area contributed by atoms with E-state index in [9.17, 15) is 18.7 Å². The number of nitrogens with one attached hydrogen (secondary N) is 1. The van der Waals surface area contributed by atoms with Crippen molar-refractivity contribution in [3.05, 3.63) is 71.3 Å². The number of hydrogen-bond donors (Lipinski definition) is 2. The number of aliphatic hydroxyl groups excluding tert-OH is 1. The molecule has 0 aliphatic heterocycles. The van der Waals surface area contributed by atoms with Crippen LogP contribution in [0.4, 0.5) is 8.78 Å². The SMILES string of the molecule is COc1ccccc1/C=C/C(=O)NCC(O)c1c(F)cccc1F. The minimum absolute atomic E-state index is 0.313. The first kappa shape index (κ1) is 17.6. The molecule has 0 bridgehead atoms. The van der Waals surface area contributed by atoms with E-state index >= 15 is 0 Å². The van der Waals surface area contributed by atoms with Crippen molar-refractivity contribution in [2.45, 2.75) is 6.10 Å². The van der Waals surface area contributed by atoms with Crippen molar-refractivity contribution < 1.29 is 23.4 Å². The second kappa shape index (κ2) is 8.21. The Morgan fingerprint density at radius 1 is 1.21 bits per heavy atom. The van der Waals surface area contributed by atoms with Gasteiger partial charge in [0.05, 0.1) is 12.7 Å². The Kier molecular flexibility index (Phi) is 6.03. The molecule has 24 heavy (non-hydrogen) atoms. The summed E-state index contributed by atoms with van der Waals surface area (Å²) in [7, 11) is 1.52. The monoisotopic (exact) mass is 333 g/mol. The van der Waals surface area contributed by atoms with Crippen LogP contribution in [0.5, 0.6) is 5.75 Å². The average molecular weight is 333 g/mol. The lowest BCUT2D eigenvalue weighted by atomic mass is 10.1. The first-order valence-electron chi connectivity index (χ1n) is 7.24. The number of amides is 1. The first-order valence-corrected chi connectivity index (χ1v) is 7.24. The molecule has 0 saturated heterocycles. The van der Waals surface area contributed by atoms with Crippen LogP contribution < -0.4 is 10.1 Å². The van der Waals surface area contributed by atoms with Gasteiger partial charge in [0.2, 0.25) is 5.91 Å². The Morgan fingerprint density at radius 3 is 2.54 bits per heavy atom. The summed E-state index contributed by atoms with van der Waals surface area (Å²) >= 11 is 0. The van der Waals surface area contributed by atoms with Crippen molar-refractivity contribution in [3.8, 4) is 5.75 Å². The number of rotatable bonds is 6. The third-order valence-corrected chi connectivity index (χ3v) is 3.36. The number of carbonyl (C=O) groups is 1. The first-order chi connectivity index (χ1) is 11.5. The Balaban J connectivity index is 1.97. The van der Waals surface area contributed by atoms with Crippen molar-refractivity contribution in [1.29, 1.82) is 0 Å². The van der Waals surface area contributed by atoms with E-state index in [1.807, 2.05) is 0 Å². The van der Waals surface area contributed by atoms with Crippen molar-refractivity contribution in [3.63, 3.8) is 0 Å². The van der Waals surface area contributed by atoms with Gasteiger partial charge in [-0.2, -0.15) is 0 Å². The van der Waals surface area contributed by atoms with E-state index in [1.165, 1.54) is 19.3 Å². The van der Waals surface area contributed by atoms with Gasteiger partial charge in [-0.05, 0) is 24.3 Å². The smallest absolute Gasteiger partial charge is 0.244 e. The highest BCUT2D eigenvalue weighted by atomic mass is 19.1. The molecule has 126 valence electrons. The molecule has 1 amide bonds. The predicted octanol–water partition coefficient (Wildman–Crippen LogP) is 2.84. The lowest BCUT2D eigenvalue weighted by Gasteiger charge is -2.13. The zero-order valence-corrected chi connectivity index (χ0v) is 13.0. The Bertz CT molecular complexity index is 727. The number of hydrogen-bond acceptors (Lipinski definition) is 3. The van der Waals surface area contributed by atoms with Gasteiger partial charge in [-0.3, -0.25) is 4.79 Å². The second-order valence-electron chi connectivity index (χ2n) is 4.97. The molecule has 2 N–H and O–H groups in total. The van der Waals surface area contributed by atoms with Crippen LogP contribution in [0.1, 0.15) is 17.2 Å². The fourth-order valence-electron chi connectivity index (χ4n) is 2.16. The molecule has 0 spiro atoms. The van der Waals surface area contributed by atoms with Crippen molar-refractivity contribution >= 4 is 12.0 Å². The summed E-state index contributed by atoms with van der Waals surface area (Å²) in [4.78, 5) is 11.8. The molecule has 0 radical (unpaired) electrons. The molecule has 1 atom stereocenters. The maximum Gasteiger partial charge on any atom is 0.244 e. The van der Waals surface area contributed by atoms with E-state index in [4.69, 9.17) is 4.74 Å². The number of para-hydroxylation sites is 1. The lowest BCUT2D eigenvalue weighted by molar-refractivity contribution is -0.116. The average Bonchev–Trinajstić information content (AvgIpc) is 2.58. The van der Waals surface area contributed by atoms with E-state index in [2.05, 4.69) is 5.32 Å². The zero-order chi connectivity index (χ0) is 17.5. The summed E-state index contributed by atoms with van der Waals surface area (Å²) < 4.78 is 32.2. The van der Waals surface area contributed by atoms with E-state index in [1.54, 1.807) is 30.3 Å². The summed E-state index contributed by atoms with van der Waals surface area (Å²) in [5.74, 6) is -1.62. The van der Waals surface area contributed by atoms with Crippen LogP contribution in [0.2, 0.25) is 0 Å². The van der Waals surface area contributed by atoms with Crippen LogP contribution in [0.3, 0.4) is 0 Å². The van der Waals surface area contributed by atoms with Gasteiger partial charge in [-0.25, -0.2) is 8.78 Å². The third kappa shape index (κ3) is 4.39. The van der Waals surface area contributed by atoms with E-state index < -0.39 is 29.2 Å². The number of aliphatic hydroxyl groups is 1. The zero-order valence-electron chi connectivity index (χ0n) is 13.0. The molecule has 0 aliphatic rings. The number of methoxy groups -OCH3 is 1. The third-order valence-electron chi connectivity index (χ3n) is 3.36. The minimum atomic E-state index is -1.48. The van der Waals surface area contributed by atoms with Crippen LogP contribution in [0, 0.1) is 11.6 Å². The number of ether oxygens (including phenoxy) is 1. The highest BCUT2D eigenvalue weighted by molar-refractivity contribution is 5.92. The normalized spacial score (nSPS) is 12.2. The largest absolute Gasteiger partial charge is 0.496 e. The molecule has 2 rings (SSSR count). The van der Waals surface area contributed by atoms with Gasteiger partial charge in [0.15, 0.2) is 0 Å². The Labute approximate surface area is 138 Å². The topological polar surface area (TPSA) is 58.6 Å². The quantitative estimate of drug-likeness (QED) is 0.799. The van der Waals surface area contributed by atoms with Crippen LogP contribution in [-0.2, 0) is 4.79 Å². The lowest BCUT2D eigenvalue weighted by Crippen LogP contribution is -2.27. The molecule has 6 heteroatoms. The number of halogens is 2. The van der Waals surface area contributed by atoms with E-state index in [0.29, 0.717) is 11.3 Å². The van der Waals surface area contributed by atoms with Crippen LogP contribution in [0.25, 0.3) is 6.08 Å². The van der Waals surface area contributed by atoms with Gasteiger partial charge in [-0.15, -0.1) is 0 Å². The van der Waals surface area contributed by atoms with Crippen LogP contribution in [-0.4, -0.2) is 24.7 Å². The summed E-state index contributed by atoms with van der Waals surface area (Å²) in [5.41, 5.74) is 0.238. The molecule has 2 aromatic carbocycles. The molecule has 0 saturated carbocycles. The van der Waals surface area contributed by atoms with Crippen LogP contribution >= 0.6 is 0 Å². The molecule has 0 heterocycles. The Hall–Kier alpha value is -2.73. The maximum absolute atomic E-state index is 13.5. The summed E-state index contributed by atoms with van der Waals surface area (Å²) in [5, 5.41) is 12.3. The summed E-state index contributed by atoms with van der Waals surface area (Å²) in [6.07, 6.45) is 1.32. The molecule has 2 aromatic rings. The number of carbonyl (C=O) groups excluding carboxylic acids is 1. The molecule has 0 fully saturated rings. The van der Waals surface area contributed by atoms with Crippen molar-refractivity contribution in [2.24, 2.45) is 0 Å². The number of benzene rings is 2. The molecular formula is C18H17F2NO3. The molecule has 0 aromatic heterocycles. The molecule has 0 aliphatic carbocycles. The van der Waals surface area contributed by atoms with E-state index in [-0.39, 0.29) is 6.54 Å². The van der Waals surface area contributed by atoms with Crippen molar-refractivity contribution in [1.82, 2.24) is 5.32 Å². The maximum atomic E-state index is 13.5. The van der Waals surface area contributed by atoms with Gasteiger partial charge in [0.1, 0.15) is 23.5 Å². The molecular weight excluding hydrogens is 316 g/mol. The highest BCUT2D eigenvalue weighted by Gasteiger charge is 2.17. The van der Waals surface area contributed by atoms with Gasteiger partial charge in [-0.1, -0.05) is 24.3 Å². The second-order valence-corrected chi connectivity index (χ2v) is 4.97. The van der Waals surface area contributed by atoms with Crippen molar-refractivity contribution in [2.75, 3.05) is 13.7 Å². The standard InChI is InChI=1S/C18H17F2NO3/c1-24-16-8-3-2-5-12(16)9-10-17(23)21-11-15(22)18-13(19)6-4-7-14(18)20/h2-10,15,22H,11H2,1H3,(H,21,23)/b10-9+. The molecule has 4 nitrogen and oxygen atoms in total.